The first-order chi connectivity index (χ1) is 8.23. The molecule has 1 amide bonds. The maximum absolute atomic E-state index is 11.8. The molecule has 1 saturated heterocycles. The standard InChI is InChI=1S/C11H19NO5S/c1-8(2)6-18(16,17)7-10(13)12-5-3-4-9(12)11(14)15/h8-9H,3-7H2,1-2H3,(H,14,15)/t9-/m1/s1. The van der Waals surface area contributed by atoms with Gasteiger partial charge in [0, 0.05) is 6.54 Å². The summed E-state index contributed by atoms with van der Waals surface area (Å²) in [5.74, 6) is -2.35. The molecule has 0 spiro atoms. The molecule has 1 rings (SSSR count). The van der Waals surface area contributed by atoms with E-state index in [9.17, 15) is 18.0 Å². The Morgan fingerprint density at radius 2 is 2.00 bits per heavy atom. The van der Waals surface area contributed by atoms with Gasteiger partial charge in [-0.1, -0.05) is 13.8 Å². The zero-order chi connectivity index (χ0) is 13.9. The quantitative estimate of drug-likeness (QED) is 0.771. The van der Waals surface area contributed by atoms with Gasteiger partial charge in [-0.3, -0.25) is 4.79 Å². The van der Waals surface area contributed by atoms with Crippen LogP contribution in [0.3, 0.4) is 0 Å². The van der Waals surface area contributed by atoms with Gasteiger partial charge >= 0.3 is 5.97 Å². The second-order valence-corrected chi connectivity index (χ2v) is 7.14. The number of likely N-dealkylation sites (tertiary alicyclic amines) is 1. The molecule has 0 bridgehead atoms. The van der Waals surface area contributed by atoms with Crippen molar-refractivity contribution in [3.63, 3.8) is 0 Å². The van der Waals surface area contributed by atoms with Gasteiger partial charge in [0.25, 0.3) is 0 Å². The highest BCUT2D eigenvalue weighted by Crippen LogP contribution is 2.18. The summed E-state index contributed by atoms with van der Waals surface area (Å²) in [5, 5.41) is 8.93. The number of hydrogen-bond acceptors (Lipinski definition) is 4. The molecule has 1 aliphatic rings. The molecule has 7 heteroatoms. The molecule has 0 radical (unpaired) electrons. The molecular weight excluding hydrogens is 258 g/mol. The van der Waals surface area contributed by atoms with E-state index >= 15 is 0 Å². The van der Waals surface area contributed by atoms with E-state index in [0.29, 0.717) is 19.4 Å². The number of carboxylic acid groups (broad SMARTS) is 1. The molecule has 0 aromatic heterocycles. The Balaban J connectivity index is 2.68. The summed E-state index contributed by atoms with van der Waals surface area (Å²) in [5.41, 5.74) is 0. The van der Waals surface area contributed by atoms with Crippen LogP contribution in [0.25, 0.3) is 0 Å². The van der Waals surface area contributed by atoms with Gasteiger partial charge in [0.05, 0.1) is 5.75 Å². The molecule has 6 nitrogen and oxygen atoms in total. The Morgan fingerprint density at radius 3 is 2.50 bits per heavy atom. The van der Waals surface area contributed by atoms with Crippen LogP contribution in [-0.2, 0) is 19.4 Å². The molecule has 1 heterocycles. The van der Waals surface area contributed by atoms with E-state index in [2.05, 4.69) is 0 Å². The van der Waals surface area contributed by atoms with E-state index in [1.165, 1.54) is 4.90 Å². The fourth-order valence-corrected chi connectivity index (χ4v) is 3.84. The molecule has 1 fully saturated rings. The van der Waals surface area contributed by atoms with E-state index in [1.54, 1.807) is 13.8 Å². The average Bonchev–Trinajstić information content (AvgIpc) is 2.61. The first kappa shape index (κ1) is 14.9. The Labute approximate surface area is 107 Å². The van der Waals surface area contributed by atoms with E-state index in [0.717, 1.165) is 0 Å². The van der Waals surface area contributed by atoms with Gasteiger partial charge in [0.15, 0.2) is 9.84 Å². The summed E-state index contributed by atoms with van der Waals surface area (Å²) in [6.07, 6.45) is 0.998. The average molecular weight is 277 g/mol. The number of carboxylic acids is 1. The van der Waals surface area contributed by atoms with Crippen molar-refractivity contribution in [2.24, 2.45) is 5.92 Å². The maximum atomic E-state index is 11.8. The molecule has 0 saturated carbocycles. The Hall–Kier alpha value is -1.11. The molecule has 18 heavy (non-hydrogen) atoms. The molecule has 0 aromatic rings. The van der Waals surface area contributed by atoms with Crippen LogP contribution in [0.15, 0.2) is 0 Å². The highest BCUT2D eigenvalue weighted by Gasteiger charge is 2.35. The van der Waals surface area contributed by atoms with Crippen LogP contribution in [0.1, 0.15) is 26.7 Å². The number of hydrogen-bond donors (Lipinski definition) is 1. The van der Waals surface area contributed by atoms with Crippen LogP contribution in [0.4, 0.5) is 0 Å². The fourth-order valence-electron chi connectivity index (χ4n) is 2.16. The van der Waals surface area contributed by atoms with E-state index in [1.807, 2.05) is 0 Å². The van der Waals surface area contributed by atoms with Gasteiger partial charge in [0.2, 0.25) is 5.91 Å². The fraction of sp³-hybridized carbons (Fsp3) is 0.818. The third kappa shape index (κ3) is 3.97. The monoisotopic (exact) mass is 277 g/mol. The third-order valence-corrected chi connectivity index (χ3v) is 4.65. The highest BCUT2D eigenvalue weighted by molar-refractivity contribution is 7.92. The van der Waals surface area contributed by atoms with E-state index in [4.69, 9.17) is 5.11 Å². The van der Waals surface area contributed by atoms with Gasteiger partial charge in [0.1, 0.15) is 11.8 Å². The summed E-state index contributed by atoms with van der Waals surface area (Å²) in [7, 11) is -3.45. The van der Waals surface area contributed by atoms with E-state index < -0.39 is 33.5 Å². The second kappa shape index (κ2) is 5.69. The molecule has 0 aromatic carbocycles. The largest absolute Gasteiger partial charge is 0.480 e. The minimum Gasteiger partial charge on any atom is -0.480 e. The van der Waals surface area contributed by atoms with Crippen LogP contribution in [0, 0.1) is 5.92 Å². The first-order valence-electron chi connectivity index (χ1n) is 5.95. The molecule has 104 valence electrons. The van der Waals surface area contributed by atoms with Crippen molar-refractivity contribution in [3.05, 3.63) is 0 Å². The van der Waals surface area contributed by atoms with Crippen molar-refractivity contribution in [2.45, 2.75) is 32.7 Å². The van der Waals surface area contributed by atoms with Gasteiger partial charge in [-0.15, -0.1) is 0 Å². The van der Waals surface area contributed by atoms with Crippen molar-refractivity contribution in [3.8, 4) is 0 Å². The van der Waals surface area contributed by atoms with Gasteiger partial charge < -0.3 is 10.0 Å². The Bertz CT molecular complexity index is 429. The van der Waals surface area contributed by atoms with Crippen LogP contribution < -0.4 is 0 Å². The number of nitrogens with zero attached hydrogens (tertiary/aromatic N) is 1. The normalized spacial score (nSPS) is 20.4. The number of amides is 1. The second-order valence-electron chi connectivity index (χ2n) is 5.03. The number of aliphatic carboxylic acids is 1. The SMILES string of the molecule is CC(C)CS(=O)(=O)CC(=O)N1CCC[C@@H]1C(=O)O. The zero-order valence-electron chi connectivity index (χ0n) is 10.6. The predicted molar refractivity (Wildman–Crippen MR) is 65.9 cm³/mol. The lowest BCUT2D eigenvalue weighted by Crippen LogP contribution is -2.43. The predicted octanol–water partition coefficient (Wildman–Crippen LogP) is 0.133. The summed E-state index contributed by atoms with van der Waals surface area (Å²) in [6, 6.07) is -0.869. The van der Waals surface area contributed by atoms with Crippen molar-refractivity contribution in [1.29, 1.82) is 0 Å². The van der Waals surface area contributed by atoms with Crippen LogP contribution in [0.5, 0.6) is 0 Å². The van der Waals surface area contributed by atoms with Crippen molar-refractivity contribution < 1.29 is 23.1 Å². The van der Waals surface area contributed by atoms with Gasteiger partial charge in [-0.25, -0.2) is 13.2 Å². The Kier molecular flexibility index (Phi) is 4.72. The lowest BCUT2D eigenvalue weighted by Gasteiger charge is -2.21. The summed E-state index contributed by atoms with van der Waals surface area (Å²) < 4.78 is 23.4. The third-order valence-electron chi connectivity index (χ3n) is 2.79. The van der Waals surface area contributed by atoms with Gasteiger partial charge in [-0.2, -0.15) is 0 Å². The highest BCUT2D eigenvalue weighted by atomic mass is 32.2. The lowest BCUT2D eigenvalue weighted by atomic mass is 10.2. The van der Waals surface area contributed by atoms with Crippen LogP contribution >= 0.6 is 0 Å². The topological polar surface area (TPSA) is 91.8 Å². The zero-order valence-corrected chi connectivity index (χ0v) is 11.4. The number of carbonyl (C=O) groups is 2. The number of carbonyl (C=O) groups excluding carboxylic acids is 1. The number of sulfone groups is 1. The molecule has 0 unspecified atom stereocenters. The van der Waals surface area contributed by atoms with Crippen LogP contribution in [-0.4, -0.2) is 54.4 Å². The Morgan fingerprint density at radius 1 is 1.39 bits per heavy atom. The summed E-state index contributed by atoms with van der Waals surface area (Å²) in [6.45, 7) is 3.85. The van der Waals surface area contributed by atoms with Crippen molar-refractivity contribution >= 4 is 21.7 Å². The lowest BCUT2D eigenvalue weighted by molar-refractivity contribution is -0.147. The molecule has 1 atom stereocenters. The molecular formula is C11H19NO5S. The molecule has 1 aliphatic heterocycles. The minimum atomic E-state index is -3.45. The van der Waals surface area contributed by atoms with Crippen molar-refractivity contribution in [1.82, 2.24) is 4.90 Å². The van der Waals surface area contributed by atoms with E-state index in [-0.39, 0.29) is 11.7 Å². The van der Waals surface area contributed by atoms with Crippen LogP contribution in [0.2, 0.25) is 0 Å². The molecule has 1 N–H and O–H groups in total. The first-order valence-corrected chi connectivity index (χ1v) is 7.78. The summed E-state index contributed by atoms with van der Waals surface area (Å²) >= 11 is 0. The summed E-state index contributed by atoms with van der Waals surface area (Å²) in [4.78, 5) is 23.9. The maximum Gasteiger partial charge on any atom is 0.326 e. The molecule has 0 aliphatic carbocycles. The minimum absolute atomic E-state index is 0.0448. The number of rotatable bonds is 5. The van der Waals surface area contributed by atoms with Crippen molar-refractivity contribution in [2.75, 3.05) is 18.1 Å². The smallest absolute Gasteiger partial charge is 0.326 e. The van der Waals surface area contributed by atoms with Gasteiger partial charge in [-0.05, 0) is 18.8 Å².